The highest BCUT2D eigenvalue weighted by Crippen LogP contribution is 2.28. The lowest BCUT2D eigenvalue weighted by Gasteiger charge is -2.11. The molecule has 5 heteroatoms. The van der Waals surface area contributed by atoms with E-state index >= 15 is 0 Å². The van der Waals surface area contributed by atoms with Gasteiger partial charge in [0.1, 0.15) is 0 Å². The normalized spacial score (nSPS) is 10.8. The van der Waals surface area contributed by atoms with Crippen LogP contribution in [0.15, 0.2) is 41.5 Å². The fourth-order valence-corrected chi connectivity index (χ4v) is 2.64. The number of nitrogens with one attached hydrogen (secondary N) is 1. The molecule has 2 aromatic carbocycles. The third-order valence-corrected chi connectivity index (χ3v) is 3.98. The molecule has 0 aromatic heterocycles. The van der Waals surface area contributed by atoms with E-state index < -0.39 is 0 Å². The zero-order valence-electron chi connectivity index (χ0n) is 16.5. The summed E-state index contributed by atoms with van der Waals surface area (Å²) in [5.74, 6) is 1.25. The second kappa shape index (κ2) is 10.4. The van der Waals surface area contributed by atoms with Crippen molar-refractivity contribution >= 4 is 12.1 Å². The topological polar surface area (TPSA) is 59.9 Å². The Bertz CT molecular complexity index is 800. The standard InChI is InChI=1S/C22H28N2O3/c1-5-11-27-20-10-8-18(13-21(20)26-6-2)15-23-24-22(25)14-19-9-7-16(3)12-17(19)4/h7-10,12-13,15H,5-6,11,14H2,1-4H3,(H,24,25)/b23-15+. The Kier molecular flexibility index (Phi) is 7.86. The van der Waals surface area contributed by atoms with Crippen LogP contribution in [0.2, 0.25) is 0 Å². The van der Waals surface area contributed by atoms with Gasteiger partial charge in [-0.3, -0.25) is 4.79 Å². The number of aryl methyl sites for hydroxylation is 2. The number of amides is 1. The third-order valence-electron chi connectivity index (χ3n) is 3.98. The number of carbonyl (C=O) groups is 1. The number of rotatable bonds is 9. The number of hydrogen-bond donors (Lipinski definition) is 1. The quantitative estimate of drug-likeness (QED) is 0.533. The summed E-state index contributed by atoms with van der Waals surface area (Å²) in [4.78, 5) is 12.1. The highest BCUT2D eigenvalue weighted by Gasteiger charge is 2.07. The molecule has 0 radical (unpaired) electrons. The van der Waals surface area contributed by atoms with Gasteiger partial charge in [-0.1, -0.05) is 30.7 Å². The van der Waals surface area contributed by atoms with Gasteiger partial charge in [-0.05, 0) is 62.1 Å². The van der Waals surface area contributed by atoms with E-state index in [1.54, 1.807) is 6.21 Å². The zero-order chi connectivity index (χ0) is 19.6. The molecule has 0 saturated carbocycles. The molecule has 0 aliphatic rings. The Morgan fingerprint density at radius 2 is 1.89 bits per heavy atom. The second-order valence-electron chi connectivity index (χ2n) is 6.39. The molecule has 0 aliphatic heterocycles. The monoisotopic (exact) mass is 368 g/mol. The maximum absolute atomic E-state index is 12.1. The molecule has 144 valence electrons. The summed E-state index contributed by atoms with van der Waals surface area (Å²) in [7, 11) is 0. The fourth-order valence-electron chi connectivity index (χ4n) is 2.64. The van der Waals surface area contributed by atoms with Crippen molar-refractivity contribution in [1.82, 2.24) is 5.43 Å². The Labute approximate surface area is 161 Å². The Morgan fingerprint density at radius 3 is 2.59 bits per heavy atom. The van der Waals surface area contributed by atoms with Gasteiger partial charge in [-0.2, -0.15) is 5.10 Å². The Balaban J connectivity index is 1.98. The maximum atomic E-state index is 12.1. The Morgan fingerprint density at radius 1 is 1.07 bits per heavy atom. The van der Waals surface area contributed by atoms with E-state index in [-0.39, 0.29) is 5.91 Å². The minimum atomic E-state index is -0.147. The lowest BCUT2D eigenvalue weighted by molar-refractivity contribution is -0.120. The molecular formula is C22H28N2O3. The van der Waals surface area contributed by atoms with Gasteiger partial charge in [-0.15, -0.1) is 0 Å². The molecule has 0 unspecified atom stereocenters. The predicted octanol–water partition coefficient (Wildman–Crippen LogP) is 4.18. The van der Waals surface area contributed by atoms with Gasteiger partial charge in [0.25, 0.3) is 0 Å². The van der Waals surface area contributed by atoms with Gasteiger partial charge in [0.2, 0.25) is 5.91 Å². The van der Waals surface area contributed by atoms with Crippen LogP contribution in [0.4, 0.5) is 0 Å². The summed E-state index contributed by atoms with van der Waals surface area (Å²) in [6.45, 7) is 9.23. The predicted molar refractivity (Wildman–Crippen MR) is 109 cm³/mol. The van der Waals surface area contributed by atoms with Crippen LogP contribution in [-0.4, -0.2) is 25.3 Å². The highest BCUT2D eigenvalue weighted by molar-refractivity contribution is 5.84. The first-order chi connectivity index (χ1) is 13.0. The van der Waals surface area contributed by atoms with E-state index in [4.69, 9.17) is 9.47 Å². The van der Waals surface area contributed by atoms with Crippen molar-refractivity contribution in [1.29, 1.82) is 0 Å². The summed E-state index contributed by atoms with van der Waals surface area (Å²) in [5, 5.41) is 4.06. The summed E-state index contributed by atoms with van der Waals surface area (Å²) in [5.41, 5.74) is 6.71. The Hall–Kier alpha value is -2.82. The molecule has 0 aliphatic carbocycles. The first kappa shape index (κ1) is 20.5. The fraction of sp³-hybridized carbons (Fsp3) is 0.364. The van der Waals surface area contributed by atoms with Gasteiger partial charge >= 0.3 is 0 Å². The molecule has 1 N–H and O–H groups in total. The summed E-state index contributed by atoms with van der Waals surface area (Å²) < 4.78 is 11.3. The van der Waals surface area contributed by atoms with Crippen LogP contribution in [0.3, 0.4) is 0 Å². The smallest absolute Gasteiger partial charge is 0.244 e. The summed E-state index contributed by atoms with van der Waals surface area (Å²) in [6.07, 6.45) is 2.84. The molecular weight excluding hydrogens is 340 g/mol. The van der Waals surface area contributed by atoms with Gasteiger partial charge in [0.15, 0.2) is 11.5 Å². The highest BCUT2D eigenvalue weighted by atomic mass is 16.5. The molecule has 27 heavy (non-hydrogen) atoms. The number of hydrogen-bond acceptors (Lipinski definition) is 4. The molecule has 0 bridgehead atoms. The molecule has 2 aromatic rings. The van der Waals surface area contributed by atoms with Crippen molar-refractivity contribution < 1.29 is 14.3 Å². The number of nitrogens with zero attached hydrogens (tertiary/aromatic N) is 1. The van der Waals surface area contributed by atoms with E-state index in [1.165, 1.54) is 5.56 Å². The molecule has 0 atom stereocenters. The zero-order valence-corrected chi connectivity index (χ0v) is 16.5. The van der Waals surface area contributed by atoms with Gasteiger partial charge < -0.3 is 9.47 Å². The molecule has 2 rings (SSSR count). The number of ether oxygens (including phenoxy) is 2. The van der Waals surface area contributed by atoms with Crippen LogP contribution < -0.4 is 14.9 Å². The minimum Gasteiger partial charge on any atom is -0.490 e. The van der Waals surface area contributed by atoms with Crippen molar-refractivity contribution in [2.24, 2.45) is 5.10 Å². The molecule has 1 amide bonds. The SMILES string of the molecule is CCCOc1ccc(/C=N/NC(=O)Cc2ccc(C)cc2C)cc1OCC. The molecule has 5 nitrogen and oxygen atoms in total. The number of hydrazone groups is 1. The molecule has 0 spiro atoms. The lowest BCUT2D eigenvalue weighted by atomic mass is 10.0. The van der Waals surface area contributed by atoms with Crippen molar-refractivity contribution in [2.45, 2.75) is 40.5 Å². The van der Waals surface area contributed by atoms with Gasteiger partial charge in [-0.25, -0.2) is 5.43 Å². The van der Waals surface area contributed by atoms with E-state index in [2.05, 4.69) is 23.5 Å². The van der Waals surface area contributed by atoms with Gasteiger partial charge in [0, 0.05) is 0 Å². The number of carbonyl (C=O) groups excluding carboxylic acids is 1. The van der Waals surface area contributed by atoms with Crippen LogP contribution in [0, 0.1) is 13.8 Å². The van der Waals surface area contributed by atoms with Crippen molar-refractivity contribution in [2.75, 3.05) is 13.2 Å². The minimum absolute atomic E-state index is 0.147. The average Bonchev–Trinajstić information content (AvgIpc) is 2.64. The summed E-state index contributed by atoms with van der Waals surface area (Å²) in [6, 6.07) is 11.7. The first-order valence-electron chi connectivity index (χ1n) is 9.31. The van der Waals surface area contributed by atoms with Crippen molar-refractivity contribution in [3.63, 3.8) is 0 Å². The molecule has 0 saturated heterocycles. The maximum Gasteiger partial charge on any atom is 0.244 e. The van der Waals surface area contributed by atoms with Crippen LogP contribution in [0.1, 0.15) is 42.5 Å². The average molecular weight is 368 g/mol. The molecule has 0 heterocycles. The third kappa shape index (κ3) is 6.44. The van der Waals surface area contributed by atoms with Crippen molar-refractivity contribution in [3.8, 4) is 11.5 Å². The van der Waals surface area contributed by atoms with Crippen LogP contribution >= 0.6 is 0 Å². The van der Waals surface area contributed by atoms with E-state index in [9.17, 15) is 4.79 Å². The first-order valence-corrected chi connectivity index (χ1v) is 9.31. The van der Waals surface area contributed by atoms with Crippen LogP contribution in [-0.2, 0) is 11.2 Å². The summed E-state index contributed by atoms with van der Waals surface area (Å²) >= 11 is 0. The lowest BCUT2D eigenvalue weighted by Crippen LogP contribution is -2.20. The largest absolute Gasteiger partial charge is 0.490 e. The second-order valence-corrected chi connectivity index (χ2v) is 6.39. The van der Waals surface area contributed by atoms with Gasteiger partial charge in [0.05, 0.1) is 25.8 Å². The van der Waals surface area contributed by atoms with E-state index in [0.29, 0.717) is 25.4 Å². The van der Waals surface area contributed by atoms with E-state index in [1.807, 2.05) is 51.1 Å². The van der Waals surface area contributed by atoms with Crippen LogP contribution in [0.25, 0.3) is 0 Å². The number of benzene rings is 2. The van der Waals surface area contributed by atoms with Crippen molar-refractivity contribution in [3.05, 3.63) is 58.7 Å². The van der Waals surface area contributed by atoms with E-state index in [0.717, 1.165) is 28.9 Å². The molecule has 0 fully saturated rings. The van der Waals surface area contributed by atoms with Crippen LogP contribution in [0.5, 0.6) is 11.5 Å².